The molecule has 4 unspecified atom stereocenters. The Balaban J connectivity index is 1.91. The average molecular weight is 236 g/mol. The summed E-state index contributed by atoms with van der Waals surface area (Å²) in [6, 6.07) is 6.92. The fourth-order valence-electron chi connectivity index (χ4n) is 4.10. The summed E-state index contributed by atoms with van der Waals surface area (Å²) in [4.78, 5) is 0. The molecule has 1 fully saturated rings. The van der Waals surface area contributed by atoms with Gasteiger partial charge in [0.25, 0.3) is 0 Å². The standard InChI is InChI=1S/C18H20/c1-11-4-5-13-6-7-14-9-15-10-18(15,3)12(2)17(14)16(13)8-11/h4-9,12,15,17H,10H2,1-3H3. The molecule has 1 saturated carbocycles. The number of allylic oxidation sites excluding steroid dienone is 3. The molecule has 0 amide bonds. The Morgan fingerprint density at radius 3 is 2.89 bits per heavy atom. The lowest BCUT2D eigenvalue weighted by molar-refractivity contribution is 0.298. The predicted octanol–water partition coefficient (Wildman–Crippen LogP) is 4.71. The first-order valence-electron chi connectivity index (χ1n) is 7.10. The SMILES string of the molecule is Cc1ccc2c(c1)C1C(=CC3CC3(C)C1C)C=C2. The molecule has 4 atom stereocenters. The molecular weight excluding hydrogens is 216 g/mol. The number of hydrogen-bond donors (Lipinski definition) is 0. The molecule has 3 aliphatic rings. The van der Waals surface area contributed by atoms with Gasteiger partial charge in [0.2, 0.25) is 0 Å². The van der Waals surface area contributed by atoms with E-state index >= 15 is 0 Å². The van der Waals surface area contributed by atoms with Gasteiger partial charge in [0.1, 0.15) is 0 Å². The highest BCUT2D eigenvalue weighted by atomic mass is 14.6. The first-order chi connectivity index (χ1) is 8.59. The van der Waals surface area contributed by atoms with E-state index < -0.39 is 0 Å². The van der Waals surface area contributed by atoms with E-state index in [9.17, 15) is 0 Å². The van der Waals surface area contributed by atoms with Crippen LogP contribution in [0.5, 0.6) is 0 Å². The second kappa shape index (κ2) is 3.17. The third-order valence-electron chi connectivity index (χ3n) is 5.67. The Hall–Kier alpha value is -1.30. The molecule has 0 N–H and O–H groups in total. The smallest absolute Gasteiger partial charge is 0.0123 e. The molecule has 0 bridgehead atoms. The van der Waals surface area contributed by atoms with Crippen molar-refractivity contribution in [3.63, 3.8) is 0 Å². The van der Waals surface area contributed by atoms with Gasteiger partial charge >= 0.3 is 0 Å². The van der Waals surface area contributed by atoms with E-state index in [4.69, 9.17) is 0 Å². The van der Waals surface area contributed by atoms with Crippen LogP contribution in [-0.2, 0) is 0 Å². The van der Waals surface area contributed by atoms with Crippen molar-refractivity contribution in [1.29, 1.82) is 0 Å². The minimum atomic E-state index is 0.570. The zero-order valence-corrected chi connectivity index (χ0v) is 11.4. The molecule has 0 aromatic heterocycles. The third-order valence-corrected chi connectivity index (χ3v) is 5.67. The van der Waals surface area contributed by atoms with E-state index in [-0.39, 0.29) is 0 Å². The largest absolute Gasteiger partial charge is 0.0770 e. The third kappa shape index (κ3) is 1.21. The van der Waals surface area contributed by atoms with Crippen molar-refractivity contribution >= 4 is 6.08 Å². The summed E-state index contributed by atoms with van der Waals surface area (Å²) in [6.07, 6.45) is 8.60. The van der Waals surface area contributed by atoms with Gasteiger partial charge in [-0.15, -0.1) is 0 Å². The van der Waals surface area contributed by atoms with Crippen LogP contribution >= 0.6 is 0 Å². The maximum atomic E-state index is 2.55. The molecule has 0 nitrogen and oxygen atoms in total. The molecule has 3 aliphatic carbocycles. The first-order valence-corrected chi connectivity index (χ1v) is 7.10. The van der Waals surface area contributed by atoms with E-state index in [1.54, 1.807) is 11.1 Å². The summed E-state index contributed by atoms with van der Waals surface area (Å²) in [5, 5.41) is 0. The predicted molar refractivity (Wildman–Crippen MR) is 76.4 cm³/mol. The van der Waals surface area contributed by atoms with E-state index in [0.29, 0.717) is 11.3 Å². The molecule has 0 heterocycles. The Labute approximate surface area is 109 Å². The van der Waals surface area contributed by atoms with Gasteiger partial charge in [-0.05, 0) is 47.3 Å². The van der Waals surface area contributed by atoms with Gasteiger partial charge in [0.15, 0.2) is 0 Å². The lowest BCUT2D eigenvalue weighted by Gasteiger charge is -2.37. The maximum absolute atomic E-state index is 2.55. The normalized spacial score (nSPS) is 39.5. The van der Waals surface area contributed by atoms with Crippen LogP contribution in [0.3, 0.4) is 0 Å². The monoisotopic (exact) mass is 236 g/mol. The van der Waals surface area contributed by atoms with Crippen LogP contribution in [0, 0.1) is 24.2 Å². The number of hydrogen-bond acceptors (Lipinski definition) is 0. The number of fused-ring (bicyclic) bond motifs is 4. The van der Waals surface area contributed by atoms with Crippen molar-refractivity contribution in [3.05, 3.63) is 52.6 Å². The molecule has 0 spiro atoms. The quantitative estimate of drug-likeness (QED) is 0.612. The van der Waals surface area contributed by atoms with Gasteiger partial charge in [-0.25, -0.2) is 0 Å². The summed E-state index contributed by atoms with van der Waals surface area (Å²) in [5.41, 5.74) is 6.51. The average Bonchev–Trinajstić information content (AvgIpc) is 3.01. The highest BCUT2D eigenvalue weighted by Gasteiger charge is 2.57. The molecule has 0 aliphatic heterocycles. The maximum Gasteiger partial charge on any atom is 0.0123 e. The topological polar surface area (TPSA) is 0 Å². The molecule has 0 saturated heterocycles. The summed E-state index contributed by atoms with van der Waals surface area (Å²) in [6.45, 7) is 7.14. The van der Waals surface area contributed by atoms with Gasteiger partial charge in [0, 0.05) is 5.92 Å². The summed E-state index contributed by atoms with van der Waals surface area (Å²) in [7, 11) is 0. The minimum absolute atomic E-state index is 0.570. The van der Waals surface area contributed by atoms with Crippen molar-refractivity contribution in [2.45, 2.75) is 33.1 Å². The molecular formula is C18H20. The number of rotatable bonds is 0. The summed E-state index contributed by atoms with van der Waals surface area (Å²) >= 11 is 0. The Morgan fingerprint density at radius 1 is 1.22 bits per heavy atom. The van der Waals surface area contributed by atoms with Crippen LogP contribution < -0.4 is 0 Å². The van der Waals surface area contributed by atoms with Crippen LogP contribution in [-0.4, -0.2) is 0 Å². The van der Waals surface area contributed by atoms with Crippen molar-refractivity contribution in [1.82, 2.24) is 0 Å². The fourth-order valence-corrected chi connectivity index (χ4v) is 4.10. The second-order valence-corrected chi connectivity index (χ2v) is 6.72. The molecule has 1 aromatic rings. The Kier molecular flexibility index (Phi) is 1.87. The molecule has 92 valence electrons. The number of aryl methyl sites for hydroxylation is 1. The zero-order valence-electron chi connectivity index (χ0n) is 11.4. The highest BCUT2D eigenvalue weighted by Crippen LogP contribution is 2.66. The van der Waals surface area contributed by atoms with Crippen LogP contribution in [0.25, 0.3) is 6.08 Å². The van der Waals surface area contributed by atoms with Gasteiger partial charge in [0.05, 0.1) is 0 Å². The van der Waals surface area contributed by atoms with Gasteiger partial charge in [-0.3, -0.25) is 0 Å². The van der Waals surface area contributed by atoms with Gasteiger partial charge in [-0.2, -0.15) is 0 Å². The number of benzene rings is 1. The van der Waals surface area contributed by atoms with E-state index in [2.05, 4.69) is 57.2 Å². The zero-order chi connectivity index (χ0) is 12.5. The lowest BCUT2D eigenvalue weighted by Crippen LogP contribution is -2.26. The molecule has 18 heavy (non-hydrogen) atoms. The Bertz CT molecular complexity index is 590. The van der Waals surface area contributed by atoms with Crippen molar-refractivity contribution in [2.75, 3.05) is 0 Å². The van der Waals surface area contributed by atoms with Crippen molar-refractivity contribution < 1.29 is 0 Å². The summed E-state index contributed by atoms with van der Waals surface area (Å²) in [5.74, 6) is 2.25. The van der Waals surface area contributed by atoms with Crippen molar-refractivity contribution in [2.24, 2.45) is 17.3 Å². The van der Waals surface area contributed by atoms with Crippen molar-refractivity contribution in [3.8, 4) is 0 Å². The minimum Gasteiger partial charge on any atom is -0.0770 e. The first kappa shape index (κ1) is 10.6. The molecule has 4 rings (SSSR count). The van der Waals surface area contributed by atoms with E-state index in [1.807, 2.05) is 0 Å². The highest BCUT2D eigenvalue weighted by molar-refractivity contribution is 5.66. The molecule has 0 heteroatoms. The molecule has 1 aromatic carbocycles. The van der Waals surface area contributed by atoms with Crippen LogP contribution in [0.1, 0.15) is 42.9 Å². The fraction of sp³-hybridized carbons (Fsp3) is 0.444. The summed E-state index contributed by atoms with van der Waals surface area (Å²) < 4.78 is 0. The van der Waals surface area contributed by atoms with Crippen LogP contribution in [0.2, 0.25) is 0 Å². The van der Waals surface area contributed by atoms with E-state index in [0.717, 1.165) is 11.8 Å². The van der Waals surface area contributed by atoms with Crippen LogP contribution in [0.15, 0.2) is 35.9 Å². The van der Waals surface area contributed by atoms with E-state index in [1.165, 1.54) is 17.5 Å². The van der Waals surface area contributed by atoms with Gasteiger partial charge in [-0.1, -0.05) is 55.8 Å². The van der Waals surface area contributed by atoms with Gasteiger partial charge < -0.3 is 0 Å². The lowest BCUT2D eigenvalue weighted by atomic mass is 9.67. The molecule has 0 radical (unpaired) electrons. The second-order valence-electron chi connectivity index (χ2n) is 6.72. The Morgan fingerprint density at radius 2 is 2.06 bits per heavy atom. The van der Waals surface area contributed by atoms with Crippen LogP contribution in [0.4, 0.5) is 0 Å².